The van der Waals surface area contributed by atoms with Crippen LogP contribution in [0.25, 0.3) is 0 Å². The van der Waals surface area contributed by atoms with Crippen LogP contribution in [0.4, 0.5) is 23.0 Å². The molecular weight excluding hydrogens is 436 g/mol. The van der Waals surface area contributed by atoms with Gasteiger partial charge in [-0.3, -0.25) is 4.90 Å². The lowest BCUT2D eigenvalue weighted by Gasteiger charge is -2.43. The van der Waals surface area contributed by atoms with Gasteiger partial charge in [-0.2, -0.15) is 0 Å². The van der Waals surface area contributed by atoms with E-state index in [9.17, 15) is 5.11 Å². The van der Waals surface area contributed by atoms with E-state index >= 15 is 0 Å². The quantitative estimate of drug-likeness (QED) is 0.588. The summed E-state index contributed by atoms with van der Waals surface area (Å²) in [6.45, 7) is 5.70. The molecule has 3 aliphatic heterocycles. The molecule has 7 heteroatoms. The van der Waals surface area contributed by atoms with Crippen molar-refractivity contribution in [3.05, 3.63) is 72.1 Å². The average Bonchev–Trinajstić information content (AvgIpc) is 3.44. The zero-order valence-corrected chi connectivity index (χ0v) is 20.2. The number of aliphatic hydroxyl groups is 1. The number of fused-ring (bicyclic) bond motifs is 1. The molecule has 4 heterocycles. The predicted octanol–water partition coefficient (Wildman–Crippen LogP) is 3.82. The molecule has 1 aromatic heterocycles. The molecule has 2 N–H and O–H groups in total. The number of nitrogens with one attached hydrogen (secondary N) is 1. The first-order valence-corrected chi connectivity index (χ1v) is 12.9. The number of anilines is 4. The molecule has 0 aliphatic carbocycles. The highest BCUT2D eigenvalue weighted by atomic mass is 16.3. The largest absolute Gasteiger partial charge is 0.390 e. The van der Waals surface area contributed by atoms with Crippen molar-refractivity contribution in [3.63, 3.8) is 0 Å². The molecule has 3 aromatic rings. The van der Waals surface area contributed by atoms with E-state index in [0.29, 0.717) is 6.54 Å². The molecule has 0 radical (unpaired) electrons. The van der Waals surface area contributed by atoms with Crippen LogP contribution >= 0.6 is 0 Å². The van der Waals surface area contributed by atoms with Crippen LogP contribution in [0.15, 0.2) is 60.9 Å². The lowest BCUT2D eigenvalue weighted by atomic mass is 9.94. The second-order valence-electron chi connectivity index (χ2n) is 9.99. The van der Waals surface area contributed by atoms with E-state index < -0.39 is 6.10 Å². The minimum absolute atomic E-state index is 0.188. The van der Waals surface area contributed by atoms with Crippen molar-refractivity contribution in [1.29, 1.82) is 0 Å². The van der Waals surface area contributed by atoms with Crippen LogP contribution < -0.4 is 15.1 Å². The Labute approximate surface area is 207 Å². The maximum atomic E-state index is 11.1. The van der Waals surface area contributed by atoms with Gasteiger partial charge in [-0.05, 0) is 61.1 Å². The molecule has 0 amide bonds. The van der Waals surface area contributed by atoms with Gasteiger partial charge in [0.25, 0.3) is 0 Å². The molecule has 0 bridgehead atoms. The molecule has 35 heavy (non-hydrogen) atoms. The van der Waals surface area contributed by atoms with Crippen LogP contribution in [-0.2, 0) is 13.0 Å². The number of benzene rings is 2. The number of aromatic nitrogens is 2. The normalized spacial score (nSPS) is 22.8. The van der Waals surface area contributed by atoms with Gasteiger partial charge in [0.1, 0.15) is 18.0 Å². The van der Waals surface area contributed by atoms with Crippen molar-refractivity contribution in [3.8, 4) is 0 Å². The Hall–Kier alpha value is -3.16. The van der Waals surface area contributed by atoms with Crippen LogP contribution in [-0.4, -0.2) is 64.8 Å². The lowest BCUT2D eigenvalue weighted by molar-refractivity contribution is 0.0293. The van der Waals surface area contributed by atoms with E-state index in [1.807, 2.05) is 6.07 Å². The Morgan fingerprint density at radius 2 is 1.66 bits per heavy atom. The maximum absolute atomic E-state index is 11.1. The smallest absolute Gasteiger partial charge is 0.135 e. The summed E-state index contributed by atoms with van der Waals surface area (Å²) >= 11 is 0. The van der Waals surface area contributed by atoms with E-state index in [1.54, 1.807) is 6.33 Å². The Morgan fingerprint density at radius 3 is 2.46 bits per heavy atom. The van der Waals surface area contributed by atoms with Gasteiger partial charge in [-0.25, -0.2) is 9.97 Å². The van der Waals surface area contributed by atoms with Gasteiger partial charge < -0.3 is 20.2 Å². The first kappa shape index (κ1) is 22.3. The summed E-state index contributed by atoms with van der Waals surface area (Å²) in [5.74, 6) is 1.63. The molecule has 2 aromatic carbocycles. The van der Waals surface area contributed by atoms with E-state index in [0.717, 1.165) is 62.9 Å². The number of hydrogen-bond donors (Lipinski definition) is 2. The SMILES string of the molecule is OC1CN(c2cc(Nc3ccc(N4CCCC4)cc3)ncn2)CCC1N1CCc2ccccc2C1. The van der Waals surface area contributed by atoms with E-state index in [4.69, 9.17) is 0 Å². The number of rotatable bonds is 5. The maximum Gasteiger partial charge on any atom is 0.135 e. The first-order valence-electron chi connectivity index (χ1n) is 12.9. The summed E-state index contributed by atoms with van der Waals surface area (Å²) in [4.78, 5) is 16.0. The minimum atomic E-state index is -0.404. The Balaban J connectivity index is 1.08. The molecular formula is C28H34N6O. The van der Waals surface area contributed by atoms with Crippen LogP contribution in [0.3, 0.4) is 0 Å². The number of hydrogen-bond acceptors (Lipinski definition) is 7. The van der Waals surface area contributed by atoms with Gasteiger partial charge >= 0.3 is 0 Å². The van der Waals surface area contributed by atoms with Gasteiger partial charge in [0.15, 0.2) is 0 Å². The van der Waals surface area contributed by atoms with Crippen molar-refractivity contribution in [1.82, 2.24) is 14.9 Å². The van der Waals surface area contributed by atoms with Crippen LogP contribution in [0, 0.1) is 0 Å². The average molecular weight is 471 g/mol. The molecule has 3 aliphatic rings. The molecule has 182 valence electrons. The molecule has 0 spiro atoms. The summed E-state index contributed by atoms with van der Waals surface area (Å²) < 4.78 is 0. The van der Waals surface area contributed by atoms with Gasteiger partial charge in [-0.1, -0.05) is 24.3 Å². The highest BCUT2D eigenvalue weighted by Gasteiger charge is 2.34. The standard InChI is InChI=1S/C28H34N6O/c35-26-19-34(16-12-25(26)33-15-11-21-5-1-2-6-22(21)18-33)28-17-27(29-20-30-28)31-23-7-9-24(10-8-23)32-13-3-4-14-32/h1-2,5-10,17,20,25-26,35H,3-4,11-16,18-19H2,(H,29,30,31). The fraction of sp³-hybridized carbons (Fsp3) is 0.429. The third-order valence-corrected chi connectivity index (χ3v) is 7.76. The predicted molar refractivity (Wildman–Crippen MR) is 140 cm³/mol. The molecule has 0 saturated carbocycles. The number of aliphatic hydroxyl groups excluding tert-OH is 1. The molecule has 2 saturated heterocycles. The third-order valence-electron chi connectivity index (χ3n) is 7.76. The zero-order valence-electron chi connectivity index (χ0n) is 20.2. The first-order chi connectivity index (χ1) is 17.2. The van der Waals surface area contributed by atoms with Gasteiger partial charge in [0.05, 0.1) is 6.10 Å². The van der Waals surface area contributed by atoms with Crippen molar-refractivity contribution in [2.75, 3.05) is 47.8 Å². The van der Waals surface area contributed by atoms with Crippen LogP contribution in [0.5, 0.6) is 0 Å². The Kier molecular flexibility index (Phi) is 6.27. The molecule has 2 unspecified atom stereocenters. The molecule has 2 atom stereocenters. The number of β-amino-alcohol motifs (C(OH)–C–C–N with tert-alkyl or cyclic N) is 1. The zero-order chi connectivity index (χ0) is 23.6. The highest BCUT2D eigenvalue weighted by molar-refractivity contribution is 5.62. The molecule has 7 nitrogen and oxygen atoms in total. The highest BCUT2D eigenvalue weighted by Crippen LogP contribution is 2.28. The molecule has 6 rings (SSSR count). The monoisotopic (exact) mass is 470 g/mol. The van der Waals surface area contributed by atoms with E-state index in [-0.39, 0.29) is 6.04 Å². The summed E-state index contributed by atoms with van der Waals surface area (Å²) in [6.07, 6.45) is 5.75. The minimum Gasteiger partial charge on any atom is -0.390 e. The second-order valence-corrected chi connectivity index (χ2v) is 9.99. The Bertz CT molecular complexity index is 1150. The third kappa shape index (κ3) is 4.83. The number of piperidine rings is 1. The summed E-state index contributed by atoms with van der Waals surface area (Å²) in [6, 6.07) is 19.4. The van der Waals surface area contributed by atoms with Crippen molar-refractivity contribution < 1.29 is 5.11 Å². The number of nitrogens with zero attached hydrogens (tertiary/aromatic N) is 5. The van der Waals surface area contributed by atoms with Crippen LogP contribution in [0.1, 0.15) is 30.4 Å². The van der Waals surface area contributed by atoms with Gasteiger partial charge in [0, 0.05) is 62.8 Å². The second kappa shape index (κ2) is 9.84. The van der Waals surface area contributed by atoms with Crippen molar-refractivity contribution >= 4 is 23.0 Å². The lowest BCUT2D eigenvalue weighted by Crippen LogP contribution is -2.55. The van der Waals surface area contributed by atoms with Gasteiger partial charge in [-0.15, -0.1) is 0 Å². The van der Waals surface area contributed by atoms with Crippen molar-refractivity contribution in [2.24, 2.45) is 0 Å². The summed E-state index contributed by atoms with van der Waals surface area (Å²) in [5.41, 5.74) is 5.14. The fourth-order valence-corrected chi connectivity index (χ4v) is 5.82. The topological polar surface area (TPSA) is 67.8 Å². The molecule has 2 fully saturated rings. The fourth-order valence-electron chi connectivity index (χ4n) is 5.82. The van der Waals surface area contributed by atoms with E-state index in [2.05, 4.69) is 78.5 Å². The summed E-state index contributed by atoms with van der Waals surface area (Å²) in [7, 11) is 0. The van der Waals surface area contributed by atoms with E-state index in [1.165, 1.54) is 29.7 Å². The Morgan fingerprint density at radius 1 is 0.857 bits per heavy atom. The van der Waals surface area contributed by atoms with Crippen LogP contribution in [0.2, 0.25) is 0 Å². The van der Waals surface area contributed by atoms with Crippen molar-refractivity contribution in [2.45, 2.75) is 44.4 Å². The van der Waals surface area contributed by atoms with Gasteiger partial charge in [0.2, 0.25) is 0 Å². The summed E-state index contributed by atoms with van der Waals surface area (Å²) in [5, 5.41) is 14.5.